The number of benzene rings is 1. The normalized spacial score (nSPS) is 11.0. The first-order chi connectivity index (χ1) is 6.22. The van der Waals surface area contributed by atoms with Gasteiger partial charge in [0.15, 0.2) is 0 Å². The minimum absolute atomic E-state index is 0.913. The van der Waals surface area contributed by atoms with Gasteiger partial charge in [-0.25, -0.2) is 0 Å². The minimum atomic E-state index is 0.913. The summed E-state index contributed by atoms with van der Waals surface area (Å²) < 4.78 is 3.70. The molecule has 2 aromatic rings. The summed E-state index contributed by atoms with van der Waals surface area (Å²) in [4.78, 5) is 0. The smallest absolute Gasteiger partial charge is 0.0714 e. The molecule has 1 aromatic heterocycles. The molecular weight excluding hydrogens is 379 g/mol. The van der Waals surface area contributed by atoms with Crippen LogP contribution >= 0.6 is 62.5 Å². The van der Waals surface area contributed by atoms with E-state index in [1.54, 1.807) is 11.3 Å². The number of thiol groups is 1. The number of hydrogen-bond acceptors (Lipinski definition) is 2. The van der Waals surface area contributed by atoms with E-state index in [0.717, 1.165) is 9.54 Å². The topological polar surface area (TPSA) is 0 Å². The Hall–Kier alpha value is 0.740. The second-order valence-corrected chi connectivity index (χ2v) is 6.13. The lowest BCUT2D eigenvalue weighted by Crippen LogP contribution is -1.75. The molecular formula is C9H6BrIS2. The highest BCUT2D eigenvalue weighted by atomic mass is 127. The fourth-order valence-corrected chi connectivity index (χ4v) is 3.72. The van der Waals surface area contributed by atoms with Crippen molar-refractivity contribution >= 4 is 72.6 Å². The fraction of sp³-hybridized carbons (Fsp3) is 0.111. The van der Waals surface area contributed by atoms with Crippen molar-refractivity contribution in [2.45, 2.75) is 9.54 Å². The molecule has 0 radical (unpaired) electrons. The summed E-state index contributed by atoms with van der Waals surface area (Å²) >= 11 is 12.0. The zero-order valence-corrected chi connectivity index (χ0v) is 12.0. The molecule has 0 aliphatic rings. The van der Waals surface area contributed by atoms with Crippen molar-refractivity contribution in [3.8, 4) is 0 Å². The fourth-order valence-electron chi connectivity index (χ4n) is 1.18. The van der Waals surface area contributed by atoms with Crippen LogP contribution in [0.15, 0.2) is 22.4 Å². The molecule has 0 aliphatic carbocycles. The van der Waals surface area contributed by atoms with Crippen LogP contribution in [0.2, 0.25) is 0 Å². The van der Waals surface area contributed by atoms with Gasteiger partial charge in [-0.15, -0.1) is 24.0 Å². The first kappa shape index (κ1) is 10.3. The van der Waals surface area contributed by atoms with E-state index in [1.807, 2.05) is 0 Å². The highest BCUT2D eigenvalue weighted by molar-refractivity contribution is 14.1. The van der Waals surface area contributed by atoms with Crippen LogP contribution in [0.1, 0.15) is 5.56 Å². The zero-order valence-electron chi connectivity index (χ0n) is 6.55. The number of fused-ring (bicyclic) bond motifs is 1. The van der Waals surface area contributed by atoms with Crippen LogP contribution in [-0.2, 0) is 5.33 Å². The molecule has 0 bridgehead atoms. The standard InChI is InChI=1S/C9H6BrIS2/c10-4-5-1-2-7-6(3-5)8(11)9(12)13-7/h1-3,12H,4H2. The maximum atomic E-state index is 4.42. The highest BCUT2D eigenvalue weighted by Gasteiger charge is 2.06. The number of hydrogen-bond donors (Lipinski definition) is 1. The van der Waals surface area contributed by atoms with Crippen molar-refractivity contribution in [2.24, 2.45) is 0 Å². The molecule has 0 N–H and O–H groups in total. The van der Waals surface area contributed by atoms with E-state index in [4.69, 9.17) is 0 Å². The quantitative estimate of drug-likeness (QED) is 0.411. The van der Waals surface area contributed by atoms with Gasteiger partial charge in [0.2, 0.25) is 0 Å². The molecule has 0 spiro atoms. The van der Waals surface area contributed by atoms with Gasteiger partial charge >= 0.3 is 0 Å². The summed E-state index contributed by atoms with van der Waals surface area (Å²) in [6, 6.07) is 6.54. The molecule has 4 heteroatoms. The van der Waals surface area contributed by atoms with E-state index in [2.05, 4.69) is 69.3 Å². The molecule has 2 rings (SSSR count). The van der Waals surface area contributed by atoms with Gasteiger partial charge in [0.25, 0.3) is 0 Å². The van der Waals surface area contributed by atoms with Gasteiger partial charge in [-0.1, -0.05) is 22.0 Å². The lowest BCUT2D eigenvalue weighted by molar-refractivity contribution is 1.47. The van der Waals surface area contributed by atoms with Crippen molar-refractivity contribution in [1.82, 2.24) is 0 Å². The van der Waals surface area contributed by atoms with Crippen LogP contribution in [0.25, 0.3) is 10.1 Å². The van der Waals surface area contributed by atoms with E-state index >= 15 is 0 Å². The summed E-state index contributed by atoms with van der Waals surface area (Å²) in [5, 5.41) is 2.24. The predicted octanol–water partition coefficient (Wildman–Crippen LogP) is 4.69. The van der Waals surface area contributed by atoms with Crippen molar-refractivity contribution in [3.05, 3.63) is 27.3 Å². The van der Waals surface area contributed by atoms with Crippen molar-refractivity contribution in [1.29, 1.82) is 0 Å². The van der Waals surface area contributed by atoms with Gasteiger partial charge in [-0.05, 0) is 40.3 Å². The molecule has 0 aliphatic heterocycles. The molecule has 0 saturated heterocycles. The van der Waals surface area contributed by atoms with E-state index in [-0.39, 0.29) is 0 Å². The Kier molecular flexibility index (Phi) is 3.22. The number of halogens is 2. The Morgan fingerprint density at radius 1 is 1.46 bits per heavy atom. The molecule has 1 aromatic carbocycles. The number of thiophene rings is 1. The molecule has 0 fully saturated rings. The van der Waals surface area contributed by atoms with Crippen LogP contribution in [0.3, 0.4) is 0 Å². The Labute approximate surface area is 108 Å². The zero-order chi connectivity index (χ0) is 9.42. The first-order valence-corrected chi connectivity index (χ1v) is 7.14. The SMILES string of the molecule is Sc1sc2ccc(CBr)cc2c1I. The van der Waals surface area contributed by atoms with Gasteiger partial charge in [-0.2, -0.15) is 0 Å². The van der Waals surface area contributed by atoms with Crippen molar-refractivity contribution in [2.75, 3.05) is 0 Å². The maximum Gasteiger partial charge on any atom is 0.0714 e. The maximum absolute atomic E-state index is 4.42. The average molecular weight is 385 g/mol. The Bertz CT molecular complexity index is 450. The third-order valence-corrected chi connectivity index (χ3v) is 5.86. The van der Waals surface area contributed by atoms with Gasteiger partial charge in [-0.3, -0.25) is 0 Å². The van der Waals surface area contributed by atoms with Crippen LogP contribution in [0, 0.1) is 3.57 Å². The molecule has 1 heterocycles. The van der Waals surface area contributed by atoms with Crippen LogP contribution in [0.4, 0.5) is 0 Å². The minimum Gasteiger partial charge on any atom is -0.132 e. The molecule has 0 unspecified atom stereocenters. The monoisotopic (exact) mass is 384 g/mol. The third-order valence-electron chi connectivity index (χ3n) is 1.83. The van der Waals surface area contributed by atoms with Crippen LogP contribution in [-0.4, -0.2) is 0 Å². The second-order valence-electron chi connectivity index (χ2n) is 2.69. The Balaban J connectivity index is 2.75. The van der Waals surface area contributed by atoms with E-state index in [0.29, 0.717) is 0 Å². The summed E-state index contributed by atoms with van der Waals surface area (Å²) in [6.07, 6.45) is 0. The first-order valence-electron chi connectivity index (χ1n) is 3.68. The number of alkyl halides is 1. The summed E-state index contributed by atoms with van der Waals surface area (Å²) in [5.41, 5.74) is 1.32. The molecule has 0 atom stereocenters. The third kappa shape index (κ3) is 1.91. The van der Waals surface area contributed by atoms with Gasteiger partial charge in [0.05, 0.1) is 4.21 Å². The number of rotatable bonds is 1. The second kappa shape index (κ2) is 4.08. The van der Waals surface area contributed by atoms with Crippen molar-refractivity contribution < 1.29 is 0 Å². The van der Waals surface area contributed by atoms with Crippen molar-refractivity contribution in [3.63, 3.8) is 0 Å². The molecule has 0 amide bonds. The molecule has 68 valence electrons. The van der Waals surface area contributed by atoms with Crippen LogP contribution < -0.4 is 0 Å². The predicted molar refractivity (Wildman–Crippen MR) is 74.4 cm³/mol. The summed E-state index contributed by atoms with van der Waals surface area (Å²) in [5.74, 6) is 0. The summed E-state index contributed by atoms with van der Waals surface area (Å²) in [7, 11) is 0. The van der Waals surface area contributed by atoms with Gasteiger partial charge in [0, 0.05) is 19.0 Å². The molecule has 0 nitrogen and oxygen atoms in total. The Morgan fingerprint density at radius 3 is 2.92 bits per heavy atom. The van der Waals surface area contributed by atoms with Crippen LogP contribution in [0.5, 0.6) is 0 Å². The Morgan fingerprint density at radius 2 is 2.23 bits per heavy atom. The lowest BCUT2D eigenvalue weighted by atomic mass is 10.2. The molecule has 0 saturated carbocycles. The van der Waals surface area contributed by atoms with Gasteiger partial charge < -0.3 is 0 Å². The van der Waals surface area contributed by atoms with E-state index in [1.165, 1.54) is 19.2 Å². The summed E-state index contributed by atoms with van der Waals surface area (Å²) in [6.45, 7) is 0. The molecule has 13 heavy (non-hydrogen) atoms. The lowest BCUT2D eigenvalue weighted by Gasteiger charge is -1.95. The van der Waals surface area contributed by atoms with E-state index in [9.17, 15) is 0 Å². The van der Waals surface area contributed by atoms with Gasteiger partial charge in [0.1, 0.15) is 0 Å². The van der Waals surface area contributed by atoms with E-state index < -0.39 is 0 Å². The highest BCUT2D eigenvalue weighted by Crippen LogP contribution is 2.35. The largest absolute Gasteiger partial charge is 0.132 e. The average Bonchev–Trinajstić information content (AvgIpc) is 2.43.